The second kappa shape index (κ2) is 8.47. The first kappa shape index (κ1) is 18.1. The molecule has 0 atom stereocenters. The minimum Gasteiger partial charge on any atom is -0.488 e. The molecule has 0 fully saturated rings. The van der Waals surface area contributed by atoms with E-state index in [0.717, 1.165) is 0 Å². The van der Waals surface area contributed by atoms with Crippen LogP contribution in [0.15, 0.2) is 17.0 Å². The molecule has 0 aromatic heterocycles. The van der Waals surface area contributed by atoms with E-state index in [-0.39, 0.29) is 6.61 Å². The van der Waals surface area contributed by atoms with Crippen molar-refractivity contribution in [2.45, 2.75) is 11.3 Å². The van der Waals surface area contributed by atoms with Crippen LogP contribution in [0.25, 0.3) is 0 Å². The third-order valence-corrected chi connectivity index (χ3v) is 3.70. The zero-order valence-electron chi connectivity index (χ0n) is 11.3. The first-order valence-corrected chi connectivity index (χ1v) is 8.30. The third-order valence-electron chi connectivity index (χ3n) is 2.36. The Kier molecular flexibility index (Phi) is 7.30. The standard InChI is InChI=1S/C12H15ClF2O5S/c1-18-5-6-19-3-2-4-20-12-10(14)7-9(8-11(12)15)21(13,16)17/h7-8H,2-6H2,1H3. The fourth-order valence-electron chi connectivity index (χ4n) is 1.39. The lowest BCUT2D eigenvalue weighted by molar-refractivity contribution is 0.0640. The van der Waals surface area contributed by atoms with Gasteiger partial charge < -0.3 is 14.2 Å². The van der Waals surface area contributed by atoms with Gasteiger partial charge in [0, 0.05) is 30.8 Å². The number of rotatable bonds is 9. The molecule has 0 bridgehead atoms. The molecule has 0 aliphatic carbocycles. The lowest BCUT2D eigenvalue weighted by Crippen LogP contribution is -2.08. The van der Waals surface area contributed by atoms with Crippen LogP contribution in [-0.2, 0) is 18.5 Å². The molecule has 0 N–H and O–H groups in total. The Bertz CT molecular complexity index is 542. The van der Waals surface area contributed by atoms with E-state index >= 15 is 0 Å². The maximum Gasteiger partial charge on any atom is 0.261 e. The van der Waals surface area contributed by atoms with E-state index < -0.39 is 31.3 Å². The van der Waals surface area contributed by atoms with Gasteiger partial charge in [-0.2, -0.15) is 0 Å². The van der Waals surface area contributed by atoms with Crippen molar-refractivity contribution in [2.24, 2.45) is 0 Å². The molecule has 5 nitrogen and oxygen atoms in total. The van der Waals surface area contributed by atoms with Crippen molar-refractivity contribution in [2.75, 3.05) is 33.5 Å². The summed E-state index contributed by atoms with van der Waals surface area (Å²) in [4.78, 5) is -0.658. The van der Waals surface area contributed by atoms with Gasteiger partial charge in [0.15, 0.2) is 17.4 Å². The first-order chi connectivity index (χ1) is 9.86. The van der Waals surface area contributed by atoms with Crippen LogP contribution < -0.4 is 4.74 Å². The molecule has 0 amide bonds. The second-order valence-electron chi connectivity index (χ2n) is 3.96. The molecule has 1 aromatic carbocycles. The van der Waals surface area contributed by atoms with Crippen LogP contribution in [0.2, 0.25) is 0 Å². The lowest BCUT2D eigenvalue weighted by Gasteiger charge is -2.09. The Morgan fingerprint density at radius 2 is 1.71 bits per heavy atom. The quantitative estimate of drug-likeness (QED) is 0.508. The van der Waals surface area contributed by atoms with E-state index in [1.54, 1.807) is 7.11 Å². The van der Waals surface area contributed by atoms with E-state index in [1.807, 2.05) is 0 Å². The summed E-state index contributed by atoms with van der Waals surface area (Å²) in [5.41, 5.74) is 0. The molecule has 0 aliphatic rings. The molecule has 120 valence electrons. The van der Waals surface area contributed by atoms with Crippen LogP contribution in [0.5, 0.6) is 5.75 Å². The maximum absolute atomic E-state index is 13.6. The van der Waals surface area contributed by atoms with Crippen molar-refractivity contribution in [3.8, 4) is 5.75 Å². The maximum atomic E-state index is 13.6. The zero-order valence-corrected chi connectivity index (χ0v) is 12.8. The summed E-state index contributed by atoms with van der Waals surface area (Å²) in [6.07, 6.45) is 0.415. The molecule has 0 saturated heterocycles. The number of benzene rings is 1. The fourth-order valence-corrected chi connectivity index (χ4v) is 2.15. The highest BCUT2D eigenvalue weighted by molar-refractivity contribution is 8.13. The highest BCUT2D eigenvalue weighted by atomic mass is 35.7. The normalized spacial score (nSPS) is 11.6. The van der Waals surface area contributed by atoms with E-state index in [9.17, 15) is 17.2 Å². The Hall–Kier alpha value is -0.960. The van der Waals surface area contributed by atoms with E-state index in [0.29, 0.717) is 38.4 Å². The number of ether oxygens (including phenoxy) is 3. The van der Waals surface area contributed by atoms with Crippen molar-refractivity contribution in [1.82, 2.24) is 0 Å². The molecule has 0 spiro atoms. The summed E-state index contributed by atoms with van der Waals surface area (Å²) in [7, 11) is 2.36. The highest BCUT2D eigenvalue weighted by Crippen LogP contribution is 2.27. The SMILES string of the molecule is COCCOCCCOc1c(F)cc(S(=O)(=O)Cl)cc1F. The molecule has 0 aliphatic heterocycles. The summed E-state index contributed by atoms with van der Waals surface area (Å²) < 4.78 is 64.0. The molecule has 1 rings (SSSR count). The van der Waals surface area contributed by atoms with E-state index in [2.05, 4.69) is 0 Å². The van der Waals surface area contributed by atoms with Gasteiger partial charge in [-0.1, -0.05) is 0 Å². The summed E-state index contributed by atoms with van der Waals surface area (Å²) in [5, 5.41) is 0. The minimum absolute atomic E-state index is 0.0216. The predicted molar refractivity (Wildman–Crippen MR) is 72.2 cm³/mol. The van der Waals surface area contributed by atoms with Crippen molar-refractivity contribution in [3.63, 3.8) is 0 Å². The smallest absolute Gasteiger partial charge is 0.261 e. The average molecular weight is 345 g/mol. The van der Waals surface area contributed by atoms with Crippen molar-refractivity contribution < 1.29 is 31.4 Å². The van der Waals surface area contributed by atoms with E-state index in [1.165, 1.54) is 0 Å². The van der Waals surface area contributed by atoms with Crippen LogP contribution in [0.4, 0.5) is 8.78 Å². The summed E-state index contributed by atoms with van der Waals surface area (Å²) >= 11 is 0. The van der Waals surface area contributed by atoms with Gasteiger partial charge in [-0.15, -0.1) is 0 Å². The molecule has 0 unspecified atom stereocenters. The van der Waals surface area contributed by atoms with Gasteiger partial charge in [0.1, 0.15) is 0 Å². The third kappa shape index (κ3) is 6.13. The second-order valence-corrected chi connectivity index (χ2v) is 6.53. The first-order valence-electron chi connectivity index (χ1n) is 5.99. The van der Waals surface area contributed by atoms with Crippen LogP contribution in [-0.4, -0.2) is 42.0 Å². The Labute approximate surface area is 126 Å². The van der Waals surface area contributed by atoms with Gasteiger partial charge in [0.05, 0.1) is 24.7 Å². The predicted octanol–water partition coefficient (Wildman–Crippen LogP) is 2.32. The van der Waals surface area contributed by atoms with Crippen LogP contribution in [0, 0.1) is 11.6 Å². The summed E-state index contributed by atoms with van der Waals surface area (Å²) in [5.74, 6) is -2.90. The van der Waals surface area contributed by atoms with Crippen LogP contribution >= 0.6 is 10.7 Å². The lowest BCUT2D eigenvalue weighted by atomic mass is 10.3. The van der Waals surface area contributed by atoms with Gasteiger partial charge >= 0.3 is 0 Å². The van der Waals surface area contributed by atoms with Crippen molar-refractivity contribution >= 4 is 19.7 Å². The molecule has 9 heteroatoms. The van der Waals surface area contributed by atoms with Gasteiger partial charge in [-0.25, -0.2) is 17.2 Å². The molecular weight excluding hydrogens is 330 g/mol. The molecular formula is C12H15ClF2O5S. The highest BCUT2D eigenvalue weighted by Gasteiger charge is 2.18. The number of hydrogen-bond donors (Lipinski definition) is 0. The van der Waals surface area contributed by atoms with Gasteiger partial charge in [-0.3, -0.25) is 0 Å². The van der Waals surface area contributed by atoms with Gasteiger partial charge in [0.25, 0.3) is 9.05 Å². The molecule has 1 aromatic rings. The molecule has 0 radical (unpaired) electrons. The van der Waals surface area contributed by atoms with Gasteiger partial charge in [0.2, 0.25) is 0 Å². The van der Waals surface area contributed by atoms with Crippen LogP contribution in [0.1, 0.15) is 6.42 Å². The molecule has 21 heavy (non-hydrogen) atoms. The summed E-state index contributed by atoms with van der Waals surface area (Å²) in [6.45, 7) is 1.24. The summed E-state index contributed by atoms with van der Waals surface area (Å²) in [6, 6.07) is 1.21. The van der Waals surface area contributed by atoms with Crippen molar-refractivity contribution in [1.29, 1.82) is 0 Å². The number of halogens is 3. The number of hydrogen-bond acceptors (Lipinski definition) is 5. The Balaban J connectivity index is 2.53. The number of methoxy groups -OCH3 is 1. The Morgan fingerprint density at radius 1 is 1.10 bits per heavy atom. The largest absolute Gasteiger partial charge is 0.488 e. The Morgan fingerprint density at radius 3 is 2.24 bits per heavy atom. The molecule has 0 heterocycles. The topological polar surface area (TPSA) is 61.8 Å². The van der Waals surface area contributed by atoms with E-state index in [4.69, 9.17) is 24.9 Å². The van der Waals surface area contributed by atoms with Crippen molar-refractivity contribution in [3.05, 3.63) is 23.8 Å². The molecule has 0 saturated carbocycles. The monoisotopic (exact) mass is 344 g/mol. The fraction of sp³-hybridized carbons (Fsp3) is 0.500. The average Bonchev–Trinajstić information content (AvgIpc) is 2.39. The zero-order chi connectivity index (χ0) is 15.9. The van der Waals surface area contributed by atoms with Crippen LogP contribution in [0.3, 0.4) is 0 Å². The minimum atomic E-state index is -4.20. The van der Waals surface area contributed by atoms with Gasteiger partial charge in [-0.05, 0) is 12.1 Å².